The van der Waals surface area contributed by atoms with Crippen LogP contribution in [0.4, 0.5) is 0 Å². The predicted molar refractivity (Wildman–Crippen MR) is 87.0 cm³/mol. The highest BCUT2D eigenvalue weighted by Crippen LogP contribution is 2.67. The zero-order chi connectivity index (χ0) is 17.5. The van der Waals surface area contributed by atoms with Crippen molar-refractivity contribution in [2.45, 2.75) is 82.2 Å². The molecule has 0 aliphatic heterocycles. The summed E-state index contributed by atoms with van der Waals surface area (Å²) in [6.45, 7) is 3.70. The Kier molecular flexibility index (Phi) is 3.27. The zero-order valence-electron chi connectivity index (χ0n) is 14.5. The lowest BCUT2D eigenvalue weighted by atomic mass is 9.43. The van der Waals surface area contributed by atoms with E-state index >= 15 is 0 Å². The minimum Gasteiger partial charge on any atom is -0.393 e. The van der Waals surface area contributed by atoms with Gasteiger partial charge in [-0.25, -0.2) is 0 Å². The molecular weight excluding hydrogens is 308 g/mol. The summed E-state index contributed by atoms with van der Waals surface area (Å²) in [6.07, 6.45) is 3.62. The Morgan fingerprint density at radius 1 is 1.17 bits per heavy atom. The number of hydrogen-bond acceptors (Lipinski definition) is 5. The van der Waals surface area contributed by atoms with E-state index < -0.39 is 22.7 Å². The molecule has 0 amide bonds. The molecule has 4 N–H and O–H groups in total. The molecule has 3 saturated carbocycles. The smallest absolute Gasteiger partial charge is 0.144 e. The Balaban J connectivity index is 1.86. The lowest BCUT2D eigenvalue weighted by molar-refractivity contribution is -0.286. The van der Waals surface area contributed by atoms with E-state index in [1.54, 1.807) is 6.92 Å². The topological polar surface area (TPSA) is 98.0 Å². The van der Waals surface area contributed by atoms with E-state index in [0.717, 1.165) is 12.0 Å². The Labute approximate surface area is 142 Å². The normalized spacial score (nSPS) is 57.0. The Bertz CT molecular complexity index is 629. The fourth-order valence-corrected chi connectivity index (χ4v) is 6.42. The standard InChI is InChI=1S/C19H28O5/c1-16-6-4-12(20)9-11(16)3-7-18(23)13(16)10-15(22)17(2)14(21)5-8-19(17,18)24/h3,12-13,15,20,22-24H,4-10H2,1-2H3/t12-,13+,15+,16-,17-,18-,19+/m0/s1. The average molecular weight is 336 g/mol. The third-order valence-electron chi connectivity index (χ3n) is 8.19. The SMILES string of the molecule is C[C@]12CC[C@H](O)CC1=CC[C@]1(O)[C@@H]2C[C@@H](O)[C@]2(C)C(=O)CC[C@@]21O. The van der Waals surface area contributed by atoms with E-state index in [4.69, 9.17) is 0 Å². The maximum atomic E-state index is 12.5. The largest absolute Gasteiger partial charge is 0.393 e. The lowest BCUT2D eigenvalue weighted by Crippen LogP contribution is -2.75. The molecule has 7 atom stereocenters. The molecule has 0 aromatic carbocycles. The molecule has 0 aromatic rings. The predicted octanol–water partition coefficient (Wildman–Crippen LogP) is 1.08. The van der Waals surface area contributed by atoms with Crippen LogP contribution in [0.1, 0.15) is 58.8 Å². The highest BCUT2D eigenvalue weighted by atomic mass is 16.4. The van der Waals surface area contributed by atoms with Crippen LogP contribution in [-0.4, -0.2) is 49.6 Å². The van der Waals surface area contributed by atoms with Crippen molar-refractivity contribution in [1.82, 2.24) is 0 Å². The van der Waals surface area contributed by atoms with Crippen LogP contribution >= 0.6 is 0 Å². The molecule has 0 saturated heterocycles. The molecule has 0 unspecified atom stereocenters. The van der Waals surface area contributed by atoms with Crippen LogP contribution in [0.25, 0.3) is 0 Å². The van der Waals surface area contributed by atoms with Crippen molar-refractivity contribution < 1.29 is 25.2 Å². The van der Waals surface area contributed by atoms with Crippen LogP contribution in [-0.2, 0) is 4.79 Å². The van der Waals surface area contributed by atoms with Gasteiger partial charge in [-0.05, 0) is 50.9 Å². The fourth-order valence-electron chi connectivity index (χ4n) is 6.42. The summed E-state index contributed by atoms with van der Waals surface area (Å²) in [5.41, 5.74) is -3.53. The number of aliphatic hydroxyl groups excluding tert-OH is 2. The molecule has 0 bridgehead atoms. The van der Waals surface area contributed by atoms with Gasteiger partial charge in [-0.2, -0.15) is 0 Å². The second-order valence-corrected chi connectivity index (χ2v) is 8.96. The van der Waals surface area contributed by atoms with Crippen molar-refractivity contribution in [3.05, 3.63) is 11.6 Å². The summed E-state index contributed by atoms with van der Waals surface area (Å²) in [4.78, 5) is 12.5. The first-order chi connectivity index (χ1) is 11.1. The maximum Gasteiger partial charge on any atom is 0.144 e. The Hall–Kier alpha value is -0.750. The van der Waals surface area contributed by atoms with Gasteiger partial charge in [0.25, 0.3) is 0 Å². The summed E-state index contributed by atoms with van der Waals surface area (Å²) in [6, 6.07) is 0. The summed E-state index contributed by atoms with van der Waals surface area (Å²) >= 11 is 0. The van der Waals surface area contributed by atoms with Crippen LogP contribution in [0.5, 0.6) is 0 Å². The number of fused-ring (bicyclic) bond motifs is 5. The van der Waals surface area contributed by atoms with Gasteiger partial charge in [-0.1, -0.05) is 18.6 Å². The lowest BCUT2D eigenvalue weighted by Gasteiger charge is -2.65. The molecule has 3 fully saturated rings. The van der Waals surface area contributed by atoms with Crippen molar-refractivity contribution in [2.24, 2.45) is 16.7 Å². The zero-order valence-corrected chi connectivity index (χ0v) is 14.5. The van der Waals surface area contributed by atoms with Crippen molar-refractivity contribution in [3.8, 4) is 0 Å². The van der Waals surface area contributed by atoms with Gasteiger partial charge in [0.05, 0.1) is 17.6 Å². The highest BCUT2D eigenvalue weighted by Gasteiger charge is 2.76. The molecule has 5 heteroatoms. The minimum absolute atomic E-state index is 0.150. The molecule has 4 rings (SSSR count). The van der Waals surface area contributed by atoms with Gasteiger partial charge >= 0.3 is 0 Å². The summed E-state index contributed by atoms with van der Waals surface area (Å²) in [5.74, 6) is -0.458. The quantitative estimate of drug-likeness (QED) is 0.496. The molecule has 134 valence electrons. The number of Topliss-reactive ketones (excluding diaryl/α,β-unsaturated/α-hetero) is 1. The van der Waals surface area contributed by atoms with Gasteiger partial charge < -0.3 is 20.4 Å². The van der Waals surface area contributed by atoms with Gasteiger partial charge in [-0.3, -0.25) is 4.79 Å². The van der Waals surface area contributed by atoms with Crippen molar-refractivity contribution in [1.29, 1.82) is 0 Å². The number of aliphatic hydroxyl groups is 4. The van der Waals surface area contributed by atoms with Crippen LogP contribution in [0.15, 0.2) is 11.6 Å². The van der Waals surface area contributed by atoms with Crippen molar-refractivity contribution in [3.63, 3.8) is 0 Å². The van der Waals surface area contributed by atoms with Crippen LogP contribution in [0.2, 0.25) is 0 Å². The Morgan fingerprint density at radius 3 is 2.58 bits per heavy atom. The maximum absolute atomic E-state index is 12.5. The molecule has 0 heterocycles. The summed E-state index contributed by atoms with van der Waals surface area (Å²) < 4.78 is 0. The highest BCUT2D eigenvalue weighted by molar-refractivity contribution is 5.90. The van der Waals surface area contributed by atoms with E-state index in [1.165, 1.54) is 0 Å². The van der Waals surface area contributed by atoms with E-state index in [1.807, 2.05) is 6.08 Å². The molecular formula is C19H28O5. The van der Waals surface area contributed by atoms with Gasteiger partial charge in [0.2, 0.25) is 0 Å². The summed E-state index contributed by atoms with van der Waals surface area (Å²) in [5, 5.41) is 44.0. The number of rotatable bonds is 0. The monoisotopic (exact) mass is 336 g/mol. The van der Waals surface area contributed by atoms with Gasteiger partial charge in [-0.15, -0.1) is 0 Å². The van der Waals surface area contributed by atoms with E-state index in [0.29, 0.717) is 19.3 Å². The Morgan fingerprint density at radius 2 is 1.88 bits per heavy atom. The number of carbonyl (C=O) groups excluding carboxylic acids is 1. The first-order valence-electron chi connectivity index (χ1n) is 9.13. The van der Waals surface area contributed by atoms with Gasteiger partial charge in [0, 0.05) is 12.3 Å². The molecule has 0 spiro atoms. The summed E-state index contributed by atoms with van der Waals surface area (Å²) in [7, 11) is 0. The second kappa shape index (κ2) is 4.70. The third-order valence-corrected chi connectivity index (χ3v) is 8.19. The van der Waals surface area contributed by atoms with Crippen LogP contribution in [0.3, 0.4) is 0 Å². The molecule has 0 radical (unpaired) electrons. The number of ketones is 1. The third kappa shape index (κ3) is 1.62. The van der Waals surface area contributed by atoms with E-state index in [-0.39, 0.29) is 42.5 Å². The van der Waals surface area contributed by atoms with Crippen LogP contribution < -0.4 is 0 Å². The number of carbonyl (C=O) groups is 1. The molecule has 4 aliphatic rings. The van der Waals surface area contributed by atoms with E-state index in [9.17, 15) is 25.2 Å². The molecule has 0 aromatic heterocycles. The van der Waals surface area contributed by atoms with E-state index in [2.05, 4.69) is 6.92 Å². The van der Waals surface area contributed by atoms with Crippen LogP contribution in [0, 0.1) is 16.7 Å². The first kappa shape index (κ1) is 16.7. The molecule has 24 heavy (non-hydrogen) atoms. The second-order valence-electron chi connectivity index (χ2n) is 8.96. The number of hydrogen-bond donors (Lipinski definition) is 4. The minimum atomic E-state index is -1.60. The first-order valence-corrected chi connectivity index (χ1v) is 9.13. The van der Waals surface area contributed by atoms with Crippen molar-refractivity contribution in [2.75, 3.05) is 0 Å². The fraction of sp³-hybridized carbons (Fsp3) is 0.842. The van der Waals surface area contributed by atoms with Gasteiger partial charge in [0.1, 0.15) is 17.0 Å². The van der Waals surface area contributed by atoms with Gasteiger partial charge in [0.15, 0.2) is 0 Å². The van der Waals surface area contributed by atoms with Crippen molar-refractivity contribution >= 4 is 5.78 Å². The average Bonchev–Trinajstić information content (AvgIpc) is 2.78. The molecule has 5 nitrogen and oxygen atoms in total. The molecule has 4 aliphatic carbocycles.